The van der Waals surface area contributed by atoms with Gasteiger partial charge in [-0.15, -0.1) is 0 Å². The summed E-state index contributed by atoms with van der Waals surface area (Å²) in [6.07, 6.45) is 1.46. The second kappa shape index (κ2) is 9.67. The lowest BCUT2D eigenvalue weighted by molar-refractivity contribution is -0.123. The second-order valence-electron chi connectivity index (χ2n) is 4.99. The first-order valence-corrected chi connectivity index (χ1v) is 8.37. The van der Waals surface area contributed by atoms with Gasteiger partial charge in [-0.25, -0.2) is 5.43 Å². The Labute approximate surface area is 160 Å². The van der Waals surface area contributed by atoms with Crippen LogP contribution in [0.1, 0.15) is 5.56 Å². The minimum absolute atomic E-state index is 0.156. The molecule has 2 rings (SSSR count). The third-order valence-corrected chi connectivity index (χ3v) is 3.79. The van der Waals surface area contributed by atoms with Crippen LogP contribution in [0.25, 0.3) is 0 Å². The van der Waals surface area contributed by atoms with E-state index in [0.29, 0.717) is 28.6 Å². The van der Waals surface area contributed by atoms with Gasteiger partial charge in [0.15, 0.2) is 18.1 Å². The van der Waals surface area contributed by atoms with Crippen LogP contribution in [-0.4, -0.2) is 40.1 Å². The van der Waals surface area contributed by atoms with Gasteiger partial charge in [-0.05, 0) is 24.3 Å². The highest BCUT2D eigenvalue weighted by atomic mass is 79.9. The summed E-state index contributed by atoms with van der Waals surface area (Å²) in [6, 6.07) is 10.6. The molecule has 2 aromatic carbocycles. The summed E-state index contributed by atoms with van der Waals surface area (Å²) >= 11 is 3.34. The van der Waals surface area contributed by atoms with Crippen molar-refractivity contribution in [2.24, 2.45) is 5.10 Å². The molecule has 1 N–H and O–H groups in total. The molecule has 8 heteroatoms. The molecule has 0 heterocycles. The topological polar surface area (TPSA) is 78.4 Å². The Morgan fingerprint density at radius 1 is 1.08 bits per heavy atom. The first-order valence-electron chi connectivity index (χ1n) is 7.57. The van der Waals surface area contributed by atoms with Gasteiger partial charge in [0.05, 0.1) is 27.5 Å². The van der Waals surface area contributed by atoms with Crippen molar-refractivity contribution in [2.45, 2.75) is 0 Å². The Morgan fingerprint density at radius 3 is 2.42 bits per heavy atom. The molecule has 7 nitrogen and oxygen atoms in total. The standard InChI is InChI=1S/C18H19BrN2O5/c1-23-15-9-17(25-3)16(24-2)7-12(15)10-20-21-18(22)11-26-14-6-4-5-13(19)8-14/h4-10H,11H2,1-3H3,(H,21,22)/b20-10+. The summed E-state index contributed by atoms with van der Waals surface area (Å²) in [7, 11) is 4.60. The maximum absolute atomic E-state index is 11.8. The number of benzene rings is 2. The van der Waals surface area contributed by atoms with Crippen LogP contribution in [0.4, 0.5) is 0 Å². The highest BCUT2D eigenvalue weighted by Crippen LogP contribution is 2.33. The van der Waals surface area contributed by atoms with E-state index in [9.17, 15) is 4.79 Å². The fraction of sp³-hybridized carbons (Fsp3) is 0.222. The van der Waals surface area contributed by atoms with E-state index in [2.05, 4.69) is 26.5 Å². The molecule has 0 aliphatic rings. The zero-order chi connectivity index (χ0) is 18.9. The molecule has 0 unspecified atom stereocenters. The second-order valence-corrected chi connectivity index (χ2v) is 5.90. The van der Waals surface area contributed by atoms with Crippen molar-refractivity contribution in [2.75, 3.05) is 27.9 Å². The molecule has 0 saturated heterocycles. The Balaban J connectivity index is 1.97. The lowest BCUT2D eigenvalue weighted by Crippen LogP contribution is -2.24. The molecule has 0 aliphatic heterocycles. The summed E-state index contributed by atoms with van der Waals surface area (Å²) in [5.41, 5.74) is 3.02. The minimum atomic E-state index is -0.388. The van der Waals surface area contributed by atoms with Crippen molar-refractivity contribution < 1.29 is 23.7 Å². The van der Waals surface area contributed by atoms with Gasteiger partial charge >= 0.3 is 0 Å². The van der Waals surface area contributed by atoms with Gasteiger partial charge in [0.2, 0.25) is 0 Å². The highest BCUT2D eigenvalue weighted by Gasteiger charge is 2.10. The van der Waals surface area contributed by atoms with Crippen molar-refractivity contribution in [1.82, 2.24) is 5.43 Å². The first kappa shape index (κ1) is 19.6. The fourth-order valence-electron chi connectivity index (χ4n) is 2.07. The van der Waals surface area contributed by atoms with E-state index in [0.717, 1.165) is 4.47 Å². The molecule has 0 aliphatic carbocycles. The SMILES string of the molecule is COc1cc(OC)c(OC)cc1/C=N/NC(=O)COc1cccc(Br)c1. The predicted octanol–water partition coefficient (Wildman–Crippen LogP) is 3.00. The van der Waals surface area contributed by atoms with Crippen LogP contribution in [0.3, 0.4) is 0 Å². The summed E-state index contributed by atoms with van der Waals surface area (Å²) in [4.78, 5) is 11.8. The zero-order valence-corrected chi connectivity index (χ0v) is 16.2. The number of nitrogens with one attached hydrogen (secondary N) is 1. The molecule has 138 valence electrons. The van der Waals surface area contributed by atoms with Gasteiger partial charge in [0.25, 0.3) is 5.91 Å². The fourth-order valence-corrected chi connectivity index (χ4v) is 2.44. The van der Waals surface area contributed by atoms with Crippen LogP contribution >= 0.6 is 15.9 Å². The number of nitrogens with zero attached hydrogens (tertiary/aromatic N) is 1. The summed E-state index contributed by atoms with van der Waals surface area (Å²) in [6.45, 7) is -0.156. The number of halogens is 1. The minimum Gasteiger partial charge on any atom is -0.496 e. The van der Waals surface area contributed by atoms with Crippen molar-refractivity contribution in [1.29, 1.82) is 0 Å². The van der Waals surface area contributed by atoms with Crippen LogP contribution in [0.2, 0.25) is 0 Å². The Hall–Kier alpha value is -2.74. The van der Waals surface area contributed by atoms with Gasteiger partial charge in [-0.3, -0.25) is 4.79 Å². The van der Waals surface area contributed by atoms with Gasteiger partial charge < -0.3 is 18.9 Å². The lowest BCUT2D eigenvalue weighted by Gasteiger charge is -2.11. The quantitative estimate of drug-likeness (QED) is 0.522. The van der Waals surface area contributed by atoms with E-state index >= 15 is 0 Å². The summed E-state index contributed by atoms with van der Waals surface area (Å²) in [5, 5.41) is 3.92. The van der Waals surface area contributed by atoms with Crippen molar-refractivity contribution >= 4 is 28.1 Å². The molecule has 0 saturated carbocycles. The number of carbonyl (C=O) groups excluding carboxylic acids is 1. The van der Waals surface area contributed by atoms with Crippen molar-refractivity contribution in [3.8, 4) is 23.0 Å². The van der Waals surface area contributed by atoms with Crippen molar-refractivity contribution in [3.63, 3.8) is 0 Å². The molecule has 0 bridgehead atoms. The molecule has 0 radical (unpaired) electrons. The molecule has 0 spiro atoms. The first-order chi connectivity index (χ1) is 12.6. The number of carbonyl (C=O) groups is 1. The third-order valence-electron chi connectivity index (χ3n) is 3.29. The molecular weight excluding hydrogens is 404 g/mol. The van der Waals surface area contributed by atoms with Crippen LogP contribution in [0.5, 0.6) is 23.0 Å². The monoisotopic (exact) mass is 422 g/mol. The van der Waals surface area contributed by atoms with Gasteiger partial charge in [0.1, 0.15) is 11.5 Å². The van der Waals surface area contributed by atoms with E-state index in [1.165, 1.54) is 27.5 Å². The molecule has 2 aromatic rings. The Bertz CT molecular complexity index is 795. The number of hydrogen-bond acceptors (Lipinski definition) is 6. The van der Waals surface area contributed by atoms with E-state index < -0.39 is 0 Å². The van der Waals surface area contributed by atoms with Crippen LogP contribution in [0.15, 0.2) is 46.0 Å². The zero-order valence-electron chi connectivity index (χ0n) is 14.6. The number of methoxy groups -OCH3 is 3. The average Bonchev–Trinajstić information content (AvgIpc) is 2.66. The van der Waals surface area contributed by atoms with Crippen LogP contribution in [0, 0.1) is 0 Å². The average molecular weight is 423 g/mol. The van der Waals surface area contributed by atoms with E-state index in [1.807, 2.05) is 12.1 Å². The van der Waals surface area contributed by atoms with Crippen LogP contribution < -0.4 is 24.4 Å². The third kappa shape index (κ3) is 5.38. The number of amides is 1. The molecule has 26 heavy (non-hydrogen) atoms. The maximum Gasteiger partial charge on any atom is 0.277 e. The normalized spacial score (nSPS) is 10.5. The number of hydrogen-bond donors (Lipinski definition) is 1. The van der Waals surface area contributed by atoms with Crippen molar-refractivity contribution in [3.05, 3.63) is 46.4 Å². The largest absolute Gasteiger partial charge is 0.496 e. The van der Waals surface area contributed by atoms with E-state index in [1.54, 1.807) is 24.3 Å². The highest BCUT2D eigenvalue weighted by molar-refractivity contribution is 9.10. The predicted molar refractivity (Wildman–Crippen MR) is 101 cm³/mol. The Morgan fingerprint density at radius 2 is 1.77 bits per heavy atom. The van der Waals surface area contributed by atoms with Gasteiger partial charge in [-0.2, -0.15) is 5.10 Å². The van der Waals surface area contributed by atoms with E-state index in [-0.39, 0.29) is 12.5 Å². The molecule has 0 fully saturated rings. The van der Waals surface area contributed by atoms with E-state index in [4.69, 9.17) is 18.9 Å². The maximum atomic E-state index is 11.8. The number of rotatable bonds is 8. The number of hydrazone groups is 1. The van der Waals surface area contributed by atoms with Gasteiger partial charge in [0, 0.05) is 16.1 Å². The summed E-state index contributed by atoms with van der Waals surface area (Å²) in [5.74, 6) is 1.79. The number of ether oxygens (including phenoxy) is 4. The van der Waals surface area contributed by atoms with Crippen LogP contribution in [-0.2, 0) is 4.79 Å². The molecule has 0 aromatic heterocycles. The Kier molecular flexibility index (Phi) is 7.28. The molecule has 1 amide bonds. The molecule has 0 atom stereocenters. The smallest absolute Gasteiger partial charge is 0.277 e. The lowest BCUT2D eigenvalue weighted by atomic mass is 10.2. The molecular formula is C18H19BrN2O5. The van der Waals surface area contributed by atoms with Gasteiger partial charge in [-0.1, -0.05) is 22.0 Å². The summed E-state index contributed by atoms with van der Waals surface area (Å²) < 4.78 is 22.0.